The fraction of sp³-hybridized carbons (Fsp3) is 0.462. The molecule has 1 aliphatic heterocycles. The minimum atomic E-state index is 0.283. The van der Waals surface area contributed by atoms with Crippen molar-refractivity contribution in [2.24, 2.45) is 11.8 Å². The van der Waals surface area contributed by atoms with E-state index in [1.54, 1.807) is 0 Å². The number of anilines is 1. The van der Waals surface area contributed by atoms with Crippen LogP contribution in [-0.2, 0) is 0 Å². The van der Waals surface area contributed by atoms with Crippen LogP contribution in [0.4, 0.5) is 5.00 Å². The molecule has 2 atom stereocenters. The van der Waals surface area contributed by atoms with E-state index in [0.717, 1.165) is 18.4 Å². The molecule has 3 aliphatic carbocycles. The van der Waals surface area contributed by atoms with Crippen LogP contribution in [0, 0.1) is 34.5 Å². The maximum atomic E-state index is 9.23. The molecule has 0 radical (unpaired) electrons. The maximum absolute atomic E-state index is 9.23. The first-order chi connectivity index (χ1) is 14.7. The molecular formula is C26H27N3S. The lowest BCUT2D eigenvalue weighted by atomic mass is 9.69. The molecule has 4 aliphatic rings. The van der Waals surface area contributed by atoms with Crippen LogP contribution in [0.1, 0.15) is 56.2 Å². The van der Waals surface area contributed by atoms with E-state index in [1.807, 2.05) is 11.3 Å². The average molecular weight is 414 g/mol. The molecule has 0 amide bonds. The lowest BCUT2D eigenvalue weighted by Gasteiger charge is -2.36. The molecule has 3 nitrogen and oxygen atoms in total. The molecule has 1 aromatic heterocycles. The standard InChI is InChI=1S/C26H27N3S/c27-16-24(17-28)20-5-4-18-12-19-6-7-21(14-23(19)15-22(18)13-20)25-8-9-26(30-25)29-10-2-1-3-11-29/h8-9,13-15,18-19H,1-7,10-12H2. The second kappa shape index (κ2) is 8.29. The highest BCUT2D eigenvalue weighted by molar-refractivity contribution is 7.17. The van der Waals surface area contributed by atoms with Gasteiger partial charge in [0.15, 0.2) is 0 Å². The monoisotopic (exact) mass is 413 g/mol. The Bertz CT molecular complexity index is 1030. The van der Waals surface area contributed by atoms with Crippen molar-refractivity contribution in [2.75, 3.05) is 18.0 Å². The summed E-state index contributed by atoms with van der Waals surface area (Å²) in [7, 11) is 0. The van der Waals surface area contributed by atoms with E-state index in [0.29, 0.717) is 11.8 Å². The highest BCUT2D eigenvalue weighted by Crippen LogP contribution is 2.47. The van der Waals surface area contributed by atoms with Gasteiger partial charge in [0.2, 0.25) is 0 Å². The van der Waals surface area contributed by atoms with Crippen molar-refractivity contribution in [1.82, 2.24) is 0 Å². The van der Waals surface area contributed by atoms with Crippen LogP contribution in [-0.4, -0.2) is 13.1 Å². The van der Waals surface area contributed by atoms with Gasteiger partial charge in [-0.25, -0.2) is 0 Å². The quantitative estimate of drug-likeness (QED) is 0.517. The number of fused-ring (bicyclic) bond motifs is 2. The van der Waals surface area contributed by atoms with Crippen molar-refractivity contribution in [3.63, 3.8) is 0 Å². The number of hydrogen-bond donors (Lipinski definition) is 0. The Morgan fingerprint density at radius 3 is 2.40 bits per heavy atom. The van der Waals surface area contributed by atoms with Crippen LogP contribution < -0.4 is 4.90 Å². The van der Waals surface area contributed by atoms with Crippen molar-refractivity contribution >= 4 is 21.9 Å². The summed E-state index contributed by atoms with van der Waals surface area (Å²) in [5.74, 6) is 1.25. The Morgan fingerprint density at radius 2 is 1.63 bits per heavy atom. The molecule has 0 aromatic carbocycles. The molecule has 0 saturated carbocycles. The van der Waals surface area contributed by atoms with Crippen molar-refractivity contribution < 1.29 is 0 Å². The van der Waals surface area contributed by atoms with Crippen LogP contribution in [0.25, 0.3) is 5.57 Å². The number of nitrogens with zero attached hydrogens (tertiary/aromatic N) is 3. The molecule has 0 bridgehead atoms. The van der Waals surface area contributed by atoms with Gasteiger partial charge in [-0.05, 0) is 97.6 Å². The summed E-state index contributed by atoms with van der Waals surface area (Å²) >= 11 is 1.95. The molecule has 0 N–H and O–H groups in total. The first-order valence-corrected chi connectivity index (χ1v) is 12.1. The van der Waals surface area contributed by atoms with E-state index in [2.05, 4.69) is 47.4 Å². The Labute approximate surface area is 183 Å². The molecule has 30 heavy (non-hydrogen) atoms. The predicted molar refractivity (Wildman–Crippen MR) is 123 cm³/mol. The normalized spacial score (nSPS) is 25.7. The van der Waals surface area contributed by atoms with Gasteiger partial charge in [-0.2, -0.15) is 10.5 Å². The van der Waals surface area contributed by atoms with Crippen LogP contribution in [0.2, 0.25) is 0 Å². The summed E-state index contributed by atoms with van der Waals surface area (Å²) in [5, 5.41) is 19.9. The van der Waals surface area contributed by atoms with Gasteiger partial charge >= 0.3 is 0 Å². The maximum Gasteiger partial charge on any atom is 0.132 e. The first kappa shape index (κ1) is 19.4. The van der Waals surface area contributed by atoms with E-state index in [9.17, 15) is 10.5 Å². The van der Waals surface area contributed by atoms with Gasteiger partial charge in [-0.3, -0.25) is 0 Å². The molecule has 1 aromatic rings. The van der Waals surface area contributed by atoms with Crippen LogP contribution in [0.3, 0.4) is 0 Å². The molecule has 0 spiro atoms. The summed E-state index contributed by atoms with van der Waals surface area (Å²) < 4.78 is 0. The zero-order valence-electron chi connectivity index (χ0n) is 17.4. The lowest BCUT2D eigenvalue weighted by molar-refractivity contribution is 0.395. The van der Waals surface area contributed by atoms with Gasteiger partial charge in [-0.15, -0.1) is 11.3 Å². The molecule has 5 rings (SSSR count). The van der Waals surface area contributed by atoms with Crippen molar-refractivity contribution in [1.29, 1.82) is 10.5 Å². The fourth-order valence-electron chi connectivity index (χ4n) is 5.48. The number of hydrogen-bond acceptors (Lipinski definition) is 4. The lowest BCUT2D eigenvalue weighted by Crippen LogP contribution is -2.28. The topological polar surface area (TPSA) is 50.8 Å². The van der Waals surface area contributed by atoms with E-state index >= 15 is 0 Å². The summed E-state index contributed by atoms with van der Waals surface area (Å²) in [6, 6.07) is 8.77. The number of nitriles is 2. The Morgan fingerprint density at radius 1 is 0.900 bits per heavy atom. The summed E-state index contributed by atoms with van der Waals surface area (Å²) in [6.45, 7) is 2.40. The number of allylic oxidation sites excluding steroid dienone is 8. The fourth-order valence-corrected chi connectivity index (χ4v) is 6.58. The van der Waals surface area contributed by atoms with Gasteiger partial charge < -0.3 is 4.90 Å². The Hall–Kier alpha value is -2.56. The third-order valence-corrected chi connectivity index (χ3v) is 8.39. The minimum absolute atomic E-state index is 0.283. The highest BCUT2D eigenvalue weighted by atomic mass is 32.1. The molecule has 2 heterocycles. The second-order valence-corrected chi connectivity index (χ2v) is 10.0. The molecular weight excluding hydrogens is 386 g/mol. The first-order valence-electron chi connectivity index (χ1n) is 11.3. The van der Waals surface area contributed by atoms with Crippen molar-refractivity contribution in [3.05, 3.63) is 57.5 Å². The number of thiophene rings is 1. The largest absolute Gasteiger partial charge is 0.363 e. The van der Waals surface area contributed by atoms with Crippen molar-refractivity contribution in [2.45, 2.75) is 51.4 Å². The van der Waals surface area contributed by atoms with Gasteiger partial charge in [0, 0.05) is 18.0 Å². The summed E-state index contributed by atoms with van der Waals surface area (Å²) in [4.78, 5) is 3.98. The minimum Gasteiger partial charge on any atom is -0.363 e. The zero-order chi connectivity index (χ0) is 20.5. The predicted octanol–water partition coefficient (Wildman–Crippen LogP) is 6.54. The smallest absolute Gasteiger partial charge is 0.132 e. The number of piperidine rings is 1. The van der Waals surface area contributed by atoms with Crippen LogP contribution >= 0.6 is 11.3 Å². The van der Waals surface area contributed by atoms with Gasteiger partial charge in [-0.1, -0.05) is 18.2 Å². The van der Waals surface area contributed by atoms with E-state index in [4.69, 9.17) is 0 Å². The molecule has 1 saturated heterocycles. The van der Waals surface area contributed by atoms with Crippen molar-refractivity contribution in [3.8, 4) is 12.1 Å². The summed E-state index contributed by atoms with van der Waals surface area (Å²) in [6.07, 6.45) is 16.5. The molecule has 2 unspecified atom stereocenters. The van der Waals surface area contributed by atoms with Crippen LogP contribution in [0.15, 0.2) is 52.7 Å². The molecule has 1 fully saturated rings. The van der Waals surface area contributed by atoms with E-state index < -0.39 is 0 Å². The summed E-state index contributed by atoms with van der Waals surface area (Å²) in [5.41, 5.74) is 5.45. The SMILES string of the molecule is N#CC(C#N)=C1C=C2C=C3C=C(c4ccc(N5CCCCC5)s4)CCC3CC2CC1. The van der Waals surface area contributed by atoms with E-state index in [1.165, 1.54) is 78.2 Å². The van der Waals surface area contributed by atoms with Gasteiger partial charge in [0.05, 0.1) is 5.00 Å². The Kier molecular flexibility index (Phi) is 5.36. The van der Waals surface area contributed by atoms with Gasteiger partial charge in [0.1, 0.15) is 17.7 Å². The average Bonchev–Trinajstić information content (AvgIpc) is 3.29. The van der Waals surface area contributed by atoms with Gasteiger partial charge in [0.25, 0.3) is 0 Å². The second-order valence-electron chi connectivity index (χ2n) is 8.97. The van der Waals surface area contributed by atoms with E-state index in [-0.39, 0.29) is 5.57 Å². The zero-order valence-corrected chi connectivity index (χ0v) is 18.2. The molecule has 4 heteroatoms. The van der Waals surface area contributed by atoms with Crippen LogP contribution in [0.5, 0.6) is 0 Å². The molecule has 152 valence electrons. The highest BCUT2D eigenvalue weighted by Gasteiger charge is 2.31. The Balaban J connectivity index is 1.43. The third kappa shape index (κ3) is 3.66. The number of rotatable bonds is 2. The third-order valence-electron chi connectivity index (χ3n) is 7.17.